The van der Waals surface area contributed by atoms with Crippen molar-refractivity contribution < 1.29 is 14.7 Å². The lowest BCUT2D eigenvalue weighted by Gasteiger charge is -2.04. The number of thiazole rings is 1. The van der Waals surface area contributed by atoms with Crippen molar-refractivity contribution in [1.82, 2.24) is 10.3 Å². The number of nitrogens with zero attached hydrogens (tertiary/aromatic N) is 1. The van der Waals surface area contributed by atoms with Gasteiger partial charge in [-0.25, -0.2) is 9.78 Å². The van der Waals surface area contributed by atoms with Gasteiger partial charge < -0.3 is 10.4 Å². The Hall–Kier alpha value is -2.15. The first-order valence-corrected chi connectivity index (χ1v) is 7.59. The smallest absolute Gasteiger partial charge is 0.321 e. The van der Waals surface area contributed by atoms with Crippen LogP contribution >= 0.6 is 11.3 Å². The van der Waals surface area contributed by atoms with Crippen molar-refractivity contribution in [3.05, 3.63) is 24.3 Å². The minimum absolute atomic E-state index is 0.178. The number of aromatic nitrogens is 1. The summed E-state index contributed by atoms with van der Waals surface area (Å²) in [6, 6.07) is 7.41. The monoisotopic (exact) mass is 307 g/mol. The van der Waals surface area contributed by atoms with Gasteiger partial charge in [-0.2, -0.15) is 0 Å². The molecule has 0 saturated heterocycles. The Bertz CT molecular complexity index is 594. The molecule has 7 heteroatoms. The van der Waals surface area contributed by atoms with Crippen LogP contribution in [0.1, 0.15) is 25.7 Å². The number of amides is 2. The van der Waals surface area contributed by atoms with Crippen LogP contribution in [0.3, 0.4) is 0 Å². The van der Waals surface area contributed by atoms with Crippen molar-refractivity contribution in [3.63, 3.8) is 0 Å². The van der Waals surface area contributed by atoms with E-state index in [1.807, 2.05) is 24.3 Å². The van der Waals surface area contributed by atoms with Crippen LogP contribution in [-0.2, 0) is 4.79 Å². The van der Waals surface area contributed by atoms with E-state index in [4.69, 9.17) is 5.11 Å². The highest BCUT2D eigenvalue weighted by Crippen LogP contribution is 2.25. The lowest BCUT2D eigenvalue weighted by atomic mass is 10.2. The van der Waals surface area contributed by atoms with E-state index in [-0.39, 0.29) is 12.5 Å². The maximum absolute atomic E-state index is 11.7. The van der Waals surface area contributed by atoms with Crippen LogP contribution in [0.4, 0.5) is 9.93 Å². The van der Waals surface area contributed by atoms with E-state index >= 15 is 0 Å². The number of hydrogen-bond acceptors (Lipinski definition) is 4. The van der Waals surface area contributed by atoms with E-state index in [0.29, 0.717) is 18.1 Å². The third-order valence-electron chi connectivity index (χ3n) is 2.87. The van der Waals surface area contributed by atoms with Crippen LogP contribution in [0.5, 0.6) is 0 Å². The molecule has 0 aliphatic carbocycles. The number of carboxylic acid groups (broad SMARTS) is 1. The molecule has 21 heavy (non-hydrogen) atoms. The number of para-hydroxylation sites is 1. The summed E-state index contributed by atoms with van der Waals surface area (Å²) >= 11 is 1.43. The molecule has 1 heterocycles. The van der Waals surface area contributed by atoms with Crippen LogP contribution in [0.15, 0.2) is 24.3 Å². The average molecular weight is 307 g/mol. The van der Waals surface area contributed by atoms with Crippen molar-refractivity contribution in [2.75, 3.05) is 11.9 Å². The zero-order valence-corrected chi connectivity index (χ0v) is 12.3. The first-order valence-electron chi connectivity index (χ1n) is 6.77. The molecule has 2 rings (SSSR count). The second kappa shape index (κ2) is 7.58. The number of carbonyl (C=O) groups is 2. The van der Waals surface area contributed by atoms with Gasteiger partial charge in [-0.1, -0.05) is 29.9 Å². The Kier molecular flexibility index (Phi) is 5.51. The zero-order chi connectivity index (χ0) is 15.1. The molecule has 0 fully saturated rings. The van der Waals surface area contributed by atoms with Crippen molar-refractivity contribution in [1.29, 1.82) is 0 Å². The van der Waals surface area contributed by atoms with Crippen molar-refractivity contribution in [2.45, 2.75) is 25.7 Å². The van der Waals surface area contributed by atoms with Crippen LogP contribution in [0, 0.1) is 0 Å². The first-order chi connectivity index (χ1) is 10.1. The highest BCUT2D eigenvalue weighted by Gasteiger charge is 2.06. The summed E-state index contributed by atoms with van der Waals surface area (Å²) in [5.74, 6) is -0.781. The summed E-state index contributed by atoms with van der Waals surface area (Å²) in [7, 11) is 0. The summed E-state index contributed by atoms with van der Waals surface area (Å²) in [5.41, 5.74) is 0.867. The molecule has 1 aromatic carbocycles. The van der Waals surface area contributed by atoms with Gasteiger partial charge >= 0.3 is 12.0 Å². The fourth-order valence-corrected chi connectivity index (χ4v) is 2.71. The Morgan fingerprint density at radius 3 is 2.76 bits per heavy atom. The van der Waals surface area contributed by atoms with Crippen LogP contribution in [0.2, 0.25) is 0 Å². The average Bonchev–Trinajstić information content (AvgIpc) is 2.84. The Balaban J connectivity index is 1.68. The van der Waals surface area contributed by atoms with Crippen molar-refractivity contribution in [2.24, 2.45) is 0 Å². The summed E-state index contributed by atoms with van der Waals surface area (Å²) in [6.07, 6.45) is 2.36. The van der Waals surface area contributed by atoms with Gasteiger partial charge in [0.2, 0.25) is 0 Å². The molecule has 2 amide bonds. The number of rotatable bonds is 7. The number of hydrogen-bond donors (Lipinski definition) is 3. The number of carboxylic acids is 1. The Morgan fingerprint density at radius 2 is 2.00 bits per heavy atom. The van der Waals surface area contributed by atoms with Crippen molar-refractivity contribution in [3.8, 4) is 0 Å². The molecular formula is C14H17N3O3S. The summed E-state index contributed by atoms with van der Waals surface area (Å²) in [6.45, 7) is 0.524. The predicted molar refractivity (Wildman–Crippen MR) is 82.7 cm³/mol. The van der Waals surface area contributed by atoms with E-state index in [2.05, 4.69) is 15.6 Å². The maximum atomic E-state index is 11.7. The highest BCUT2D eigenvalue weighted by atomic mass is 32.1. The largest absolute Gasteiger partial charge is 0.481 e. The number of fused-ring (bicyclic) bond motifs is 1. The number of aliphatic carboxylic acids is 1. The Labute approximate surface area is 126 Å². The zero-order valence-electron chi connectivity index (χ0n) is 11.5. The predicted octanol–water partition coefficient (Wildman–Crippen LogP) is 3.06. The quantitative estimate of drug-likeness (QED) is 0.686. The second-order valence-corrected chi connectivity index (χ2v) is 5.60. The molecule has 0 aliphatic rings. The number of nitrogens with one attached hydrogen (secondary N) is 2. The SMILES string of the molecule is O=C(O)CCCCCNC(=O)Nc1nc2ccccc2s1. The summed E-state index contributed by atoms with van der Waals surface area (Å²) in [5, 5.41) is 14.5. The molecule has 112 valence electrons. The number of urea groups is 1. The molecular weight excluding hydrogens is 290 g/mol. The van der Waals surface area contributed by atoms with Gasteiger partial charge in [-0.15, -0.1) is 0 Å². The van der Waals surface area contributed by atoms with Crippen LogP contribution in [0.25, 0.3) is 10.2 Å². The Morgan fingerprint density at radius 1 is 1.19 bits per heavy atom. The van der Waals surface area contributed by atoms with E-state index in [1.54, 1.807) is 0 Å². The molecule has 0 unspecified atom stereocenters. The molecule has 3 N–H and O–H groups in total. The molecule has 0 spiro atoms. The number of benzene rings is 1. The van der Waals surface area contributed by atoms with Crippen molar-refractivity contribution >= 4 is 38.7 Å². The summed E-state index contributed by atoms with van der Waals surface area (Å²) in [4.78, 5) is 26.3. The fraction of sp³-hybridized carbons (Fsp3) is 0.357. The topological polar surface area (TPSA) is 91.3 Å². The summed E-state index contributed by atoms with van der Waals surface area (Å²) < 4.78 is 1.03. The first kappa shape index (κ1) is 15.2. The van der Waals surface area contributed by atoms with Gasteiger partial charge in [0.25, 0.3) is 0 Å². The van der Waals surface area contributed by atoms with Gasteiger partial charge in [0.15, 0.2) is 5.13 Å². The number of anilines is 1. The minimum atomic E-state index is -0.781. The van der Waals surface area contributed by atoms with Gasteiger partial charge in [0, 0.05) is 13.0 Å². The van der Waals surface area contributed by atoms with E-state index in [0.717, 1.165) is 23.1 Å². The molecule has 0 saturated carbocycles. The molecule has 1 aromatic heterocycles. The maximum Gasteiger partial charge on any atom is 0.321 e. The molecule has 0 atom stereocenters. The second-order valence-electron chi connectivity index (χ2n) is 4.57. The normalized spacial score (nSPS) is 10.5. The third-order valence-corrected chi connectivity index (χ3v) is 3.82. The lowest BCUT2D eigenvalue weighted by molar-refractivity contribution is -0.137. The van der Waals surface area contributed by atoms with Crippen LogP contribution in [-0.4, -0.2) is 28.6 Å². The number of unbranched alkanes of at least 4 members (excludes halogenated alkanes) is 2. The number of carbonyl (C=O) groups excluding carboxylic acids is 1. The van der Waals surface area contributed by atoms with E-state index in [1.165, 1.54) is 11.3 Å². The highest BCUT2D eigenvalue weighted by molar-refractivity contribution is 7.22. The van der Waals surface area contributed by atoms with Gasteiger partial charge in [-0.05, 0) is 25.0 Å². The van der Waals surface area contributed by atoms with E-state index in [9.17, 15) is 9.59 Å². The van der Waals surface area contributed by atoms with E-state index < -0.39 is 5.97 Å². The molecule has 0 aliphatic heterocycles. The molecule has 0 bridgehead atoms. The standard InChI is InChI=1S/C14H17N3O3S/c18-12(19)8-2-1-5-9-15-13(20)17-14-16-10-6-3-4-7-11(10)21-14/h3-4,6-7H,1-2,5,8-9H2,(H,18,19)(H2,15,16,17,20). The minimum Gasteiger partial charge on any atom is -0.481 e. The van der Waals surface area contributed by atoms with Gasteiger partial charge in [0.1, 0.15) is 0 Å². The molecule has 0 radical (unpaired) electrons. The fourth-order valence-electron chi connectivity index (χ4n) is 1.85. The van der Waals surface area contributed by atoms with Crippen LogP contribution < -0.4 is 10.6 Å². The molecule has 2 aromatic rings. The van der Waals surface area contributed by atoms with Gasteiger partial charge in [0.05, 0.1) is 10.2 Å². The lowest BCUT2D eigenvalue weighted by Crippen LogP contribution is -2.29. The molecule has 6 nitrogen and oxygen atoms in total. The third kappa shape index (κ3) is 5.03. The van der Waals surface area contributed by atoms with Gasteiger partial charge in [-0.3, -0.25) is 10.1 Å².